The topological polar surface area (TPSA) is 135 Å². The van der Waals surface area contributed by atoms with Gasteiger partial charge in [0.15, 0.2) is 0 Å². The SMILES string of the molecule is CN1CCCC1COc1nc2c(c(N3CCN(C(=O)OCc4ccccc4)C(CC#N)C3)n1)CCN(C(=O)O)C2. The van der Waals surface area contributed by atoms with Crippen molar-refractivity contribution >= 4 is 18.0 Å². The number of hydrogen-bond acceptors (Lipinski definition) is 9. The Bertz CT molecular complexity index is 1250. The van der Waals surface area contributed by atoms with Crippen LogP contribution in [-0.4, -0.2) is 100 Å². The molecule has 1 aromatic heterocycles. The summed E-state index contributed by atoms with van der Waals surface area (Å²) in [4.78, 5) is 41.4. The molecule has 2 fully saturated rings. The number of rotatable bonds is 7. The minimum atomic E-state index is -0.988. The summed E-state index contributed by atoms with van der Waals surface area (Å²) >= 11 is 0. The summed E-state index contributed by atoms with van der Waals surface area (Å²) in [6.07, 6.45) is 1.35. The number of carbonyl (C=O) groups is 2. The Morgan fingerprint density at radius 2 is 1.95 bits per heavy atom. The molecule has 1 N–H and O–H groups in total. The average molecular weight is 550 g/mol. The number of amides is 2. The van der Waals surface area contributed by atoms with Gasteiger partial charge in [0, 0.05) is 37.8 Å². The molecule has 2 unspecified atom stereocenters. The third kappa shape index (κ3) is 6.20. The molecular weight excluding hydrogens is 514 g/mol. The predicted molar refractivity (Wildman–Crippen MR) is 145 cm³/mol. The lowest BCUT2D eigenvalue weighted by molar-refractivity contribution is 0.0767. The van der Waals surface area contributed by atoms with Gasteiger partial charge in [0.1, 0.15) is 19.0 Å². The second kappa shape index (κ2) is 12.4. The number of carbonyl (C=O) groups excluding carboxylic acids is 1. The fraction of sp³-hybridized carbons (Fsp3) is 0.536. The third-order valence-electron chi connectivity index (χ3n) is 7.92. The van der Waals surface area contributed by atoms with Crippen LogP contribution in [0.3, 0.4) is 0 Å². The summed E-state index contributed by atoms with van der Waals surface area (Å²) in [6, 6.07) is 11.8. The maximum Gasteiger partial charge on any atom is 0.410 e. The lowest BCUT2D eigenvalue weighted by atomic mass is 10.0. The first-order valence-electron chi connectivity index (χ1n) is 13.7. The smallest absolute Gasteiger partial charge is 0.410 e. The van der Waals surface area contributed by atoms with Crippen molar-refractivity contribution in [1.82, 2.24) is 24.7 Å². The number of aromatic nitrogens is 2. The van der Waals surface area contributed by atoms with E-state index in [9.17, 15) is 20.0 Å². The zero-order valence-electron chi connectivity index (χ0n) is 22.7. The number of hydrogen-bond donors (Lipinski definition) is 1. The summed E-state index contributed by atoms with van der Waals surface area (Å²) in [7, 11) is 2.07. The second-order valence-electron chi connectivity index (χ2n) is 10.5. The van der Waals surface area contributed by atoms with Crippen LogP contribution >= 0.6 is 0 Å². The predicted octanol–water partition coefficient (Wildman–Crippen LogP) is 2.73. The van der Waals surface area contributed by atoms with Crippen LogP contribution in [0, 0.1) is 11.3 Å². The summed E-state index contributed by atoms with van der Waals surface area (Å²) in [5.74, 6) is 0.685. The molecule has 3 aliphatic heterocycles. The molecule has 12 heteroatoms. The lowest BCUT2D eigenvalue weighted by Gasteiger charge is -2.41. The van der Waals surface area contributed by atoms with Gasteiger partial charge in [-0.25, -0.2) is 9.59 Å². The maximum absolute atomic E-state index is 13.0. The molecule has 2 saturated heterocycles. The first kappa shape index (κ1) is 27.5. The summed E-state index contributed by atoms with van der Waals surface area (Å²) in [5.41, 5.74) is 2.42. The second-order valence-corrected chi connectivity index (χ2v) is 10.5. The van der Waals surface area contributed by atoms with Gasteiger partial charge in [-0.1, -0.05) is 30.3 Å². The van der Waals surface area contributed by atoms with Crippen molar-refractivity contribution in [1.29, 1.82) is 5.26 Å². The van der Waals surface area contributed by atoms with Crippen LogP contribution in [0.5, 0.6) is 6.01 Å². The lowest BCUT2D eigenvalue weighted by Crippen LogP contribution is -2.55. The zero-order chi connectivity index (χ0) is 28.1. The van der Waals surface area contributed by atoms with Crippen LogP contribution in [0.25, 0.3) is 0 Å². The van der Waals surface area contributed by atoms with Crippen molar-refractivity contribution < 1.29 is 24.2 Å². The Kier molecular flexibility index (Phi) is 8.50. The minimum Gasteiger partial charge on any atom is -0.465 e. The molecule has 0 spiro atoms. The molecule has 2 atom stereocenters. The van der Waals surface area contributed by atoms with E-state index >= 15 is 0 Å². The van der Waals surface area contributed by atoms with Crippen LogP contribution < -0.4 is 9.64 Å². The van der Waals surface area contributed by atoms with Crippen molar-refractivity contribution in [3.8, 4) is 12.1 Å². The van der Waals surface area contributed by atoms with E-state index in [4.69, 9.17) is 14.5 Å². The highest BCUT2D eigenvalue weighted by Gasteiger charge is 2.35. The van der Waals surface area contributed by atoms with Gasteiger partial charge in [-0.2, -0.15) is 15.2 Å². The van der Waals surface area contributed by atoms with Crippen LogP contribution in [0.1, 0.15) is 36.1 Å². The van der Waals surface area contributed by atoms with E-state index in [0.717, 1.165) is 30.5 Å². The molecule has 5 rings (SSSR count). The third-order valence-corrected chi connectivity index (χ3v) is 7.92. The Morgan fingerprint density at radius 1 is 1.12 bits per heavy atom. The maximum atomic E-state index is 13.0. The largest absolute Gasteiger partial charge is 0.465 e. The van der Waals surface area contributed by atoms with E-state index in [1.807, 2.05) is 30.3 Å². The van der Waals surface area contributed by atoms with Gasteiger partial charge in [0.05, 0.1) is 30.8 Å². The quantitative estimate of drug-likeness (QED) is 0.549. The minimum absolute atomic E-state index is 0.147. The number of piperazine rings is 1. The Morgan fingerprint density at radius 3 is 2.67 bits per heavy atom. The molecule has 4 heterocycles. The van der Waals surface area contributed by atoms with E-state index in [0.29, 0.717) is 50.7 Å². The number of likely N-dealkylation sites (N-methyl/N-ethyl adjacent to an activating group) is 1. The van der Waals surface area contributed by atoms with Crippen molar-refractivity contribution in [2.24, 2.45) is 0 Å². The van der Waals surface area contributed by atoms with Crippen LogP contribution in [0.2, 0.25) is 0 Å². The number of likely N-dealkylation sites (tertiary alicyclic amines) is 1. The summed E-state index contributed by atoms with van der Waals surface area (Å²) in [5, 5.41) is 19.1. The van der Waals surface area contributed by atoms with Crippen LogP contribution in [0.15, 0.2) is 30.3 Å². The van der Waals surface area contributed by atoms with Gasteiger partial charge in [0.25, 0.3) is 0 Å². The van der Waals surface area contributed by atoms with Crippen molar-refractivity contribution in [2.45, 2.75) is 50.9 Å². The summed E-state index contributed by atoms with van der Waals surface area (Å²) in [6.45, 7) is 3.39. The number of nitriles is 1. The number of fused-ring (bicyclic) bond motifs is 1. The van der Waals surface area contributed by atoms with Crippen molar-refractivity contribution in [3.63, 3.8) is 0 Å². The molecule has 0 bridgehead atoms. The average Bonchev–Trinajstić information content (AvgIpc) is 3.39. The van der Waals surface area contributed by atoms with Gasteiger partial charge in [-0.05, 0) is 38.4 Å². The fourth-order valence-electron chi connectivity index (χ4n) is 5.61. The van der Waals surface area contributed by atoms with E-state index < -0.39 is 12.2 Å². The molecule has 0 radical (unpaired) electrons. The van der Waals surface area contributed by atoms with Crippen molar-refractivity contribution in [2.75, 3.05) is 51.3 Å². The molecule has 40 heavy (non-hydrogen) atoms. The van der Waals surface area contributed by atoms with E-state index in [2.05, 4.69) is 27.9 Å². The molecule has 1 aromatic carbocycles. The highest BCUT2D eigenvalue weighted by atomic mass is 16.6. The van der Waals surface area contributed by atoms with Crippen LogP contribution in [-0.2, 0) is 24.3 Å². The molecule has 212 valence electrons. The van der Waals surface area contributed by atoms with Crippen molar-refractivity contribution in [3.05, 3.63) is 47.2 Å². The van der Waals surface area contributed by atoms with Crippen LogP contribution in [0.4, 0.5) is 15.4 Å². The van der Waals surface area contributed by atoms with E-state index in [1.54, 1.807) is 4.90 Å². The standard InChI is InChI=1S/C28H35N7O5/c1-32-12-5-8-22(32)19-39-26-30-24-17-34(27(36)37)13-10-23(24)25(31-26)33-14-15-35(21(16-33)9-11-29)28(38)40-18-20-6-3-2-4-7-20/h2-4,6-7,21-22H,5,8-10,12-19H2,1H3,(H,36,37). The molecule has 3 aliphatic rings. The molecule has 2 amide bonds. The molecular formula is C28H35N7O5. The Hall–Kier alpha value is -4.11. The number of benzene rings is 1. The Labute approximate surface area is 233 Å². The van der Waals surface area contributed by atoms with E-state index in [1.165, 1.54) is 4.90 Å². The number of nitrogens with zero attached hydrogens (tertiary/aromatic N) is 7. The number of anilines is 1. The van der Waals surface area contributed by atoms with E-state index in [-0.39, 0.29) is 37.7 Å². The highest BCUT2D eigenvalue weighted by molar-refractivity contribution is 5.69. The zero-order valence-corrected chi connectivity index (χ0v) is 22.7. The molecule has 0 aliphatic carbocycles. The summed E-state index contributed by atoms with van der Waals surface area (Å²) < 4.78 is 11.6. The first-order valence-corrected chi connectivity index (χ1v) is 13.7. The van der Waals surface area contributed by atoms with Gasteiger partial charge in [-0.15, -0.1) is 0 Å². The normalized spacial score (nSPS) is 21.1. The Balaban J connectivity index is 1.34. The van der Waals surface area contributed by atoms with Gasteiger partial charge in [0.2, 0.25) is 0 Å². The van der Waals surface area contributed by atoms with Gasteiger partial charge < -0.3 is 34.2 Å². The highest BCUT2D eigenvalue weighted by Crippen LogP contribution is 2.31. The number of ether oxygens (including phenoxy) is 2. The number of carboxylic acid groups (broad SMARTS) is 1. The molecule has 2 aromatic rings. The molecule has 0 saturated carbocycles. The fourth-order valence-corrected chi connectivity index (χ4v) is 5.61. The first-order chi connectivity index (χ1) is 19.4. The van der Waals surface area contributed by atoms with Gasteiger partial charge in [-0.3, -0.25) is 0 Å². The monoisotopic (exact) mass is 549 g/mol. The van der Waals surface area contributed by atoms with Gasteiger partial charge >= 0.3 is 18.2 Å². The molecule has 12 nitrogen and oxygen atoms in total.